The van der Waals surface area contributed by atoms with Gasteiger partial charge in [0.25, 0.3) is 5.91 Å². The van der Waals surface area contributed by atoms with Crippen LogP contribution in [0.15, 0.2) is 54.9 Å². The van der Waals surface area contributed by atoms with Gasteiger partial charge in [0.1, 0.15) is 0 Å². The van der Waals surface area contributed by atoms with Crippen molar-refractivity contribution in [1.82, 2.24) is 18.2 Å². The van der Waals surface area contributed by atoms with E-state index in [1.807, 2.05) is 29.2 Å². The summed E-state index contributed by atoms with van der Waals surface area (Å²) in [5.74, 6) is -0.0601. The zero-order chi connectivity index (χ0) is 14.9. The zero-order valence-electron chi connectivity index (χ0n) is 11.8. The molecule has 2 aromatic heterocycles. The van der Waals surface area contributed by atoms with Crippen LogP contribution in [-0.2, 0) is 6.54 Å². The van der Waals surface area contributed by atoms with Crippen molar-refractivity contribution in [2.75, 3.05) is 6.54 Å². The number of aromatic nitrogens is 3. The Labute approximate surface area is 132 Å². The Bertz CT molecular complexity index is 782. The van der Waals surface area contributed by atoms with E-state index >= 15 is 0 Å². The van der Waals surface area contributed by atoms with E-state index < -0.39 is 0 Å². The van der Waals surface area contributed by atoms with E-state index in [9.17, 15) is 4.79 Å². The molecular formula is C16H14N4OS. The van der Waals surface area contributed by atoms with E-state index in [2.05, 4.69) is 37.7 Å². The summed E-state index contributed by atoms with van der Waals surface area (Å²) in [5, 5.41) is 0. The average Bonchev–Trinajstić information content (AvgIpc) is 3.25. The van der Waals surface area contributed by atoms with Crippen molar-refractivity contribution in [1.29, 1.82) is 0 Å². The predicted molar refractivity (Wildman–Crippen MR) is 83.7 cm³/mol. The summed E-state index contributed by atoms with van der Waals surface area (Å²) in [6, 6.07) is 14.1. The zero-order valence-corrected chi connectivity index (χ0v) is 12.6. The minimum atomic E-state index is -0.0841. The molecule has 0 fully saturated rings. The molecule has 0 radical (unpaired) electrons. The van der Waals surface area contributed by atoms with Crippen molar-refractivity contribution in [3.63, 3.8) is 0 Å². The van der Waals surface area contributed by atoms with Gasteiger partial charge in [0.05, 0.1) is 24.0 Å². The Hall–Kier alpha value is -2.47. The molecule has 0 unspecified atom stereocenters. The Balaban J connectivity index is 1.79. The van der Waals surface area contributed by atoms with E-state index in [0.717, 1.165) is 29.5 Å². The van der Waals surface area contributed by atoms with Crippen LogP contribution in [0, 0.1) is 0 Å². The molecule has 0 aliphatic carbocycles. The van der Waals surface area contributed by atoms with Crippen molar-refractivity contribution < 1.29 is 4.79 Å². The van der Waals surface area contributed by atoms with Crippen molar-refractivity contribution >= 4 is 17.6 Å². The van der Waals surface area contributed by atoms with Gasteiger partial charge in [0.15, 0.2) is 5.69 Å². The average molecular weight is 310 g/mol. The number of nitrogens with zero attached hydrogens (tertiary/aromatic N) is 4. The molecule has 0 saturated carbocycles. The van der Waals surface area contributed by atoms with Gasteiger partial charge in [0, 0.05) is 25.0 Å². The number of amides is 1. The highest BCUT2D eigenvalue weighted by Crippen LogP contribution is 2.33. The topological polar surface area (TPSA) is 51.0 Å². The van der Waals surface area contributed by atoms with Crippen molar-refractivity contribution in [2.45, 2.75) is 12.6 Å². The highest BCUT2D eigenvalue weighted by Gasteiger charge is 2.33. The van der Waals surface area contributed by atoms with Gasteiger partial charge in [-0.2, -0.15) is 8.75 Å². The molecule has 1 atom stereocenters. The quantitative estimate of drug-likeness (QED) is 0.731. The third-order valence-electron chi connectivity index (χ3n) is 3.99. The molecule has 1 aliphatic heterocycles. The monoisotopic (exact) mass is 310 g/mol. The second-order valence-electron chi connectivity index (χ2n) is 5.23. The molecule has 110 valence electrons. The van der Waals surface area contributed by atoms with Crippen LogP contribution in [0.5, 0.6) is 0 Å². The third kappa shape index (κ3) is 2.12. The molecule has 3 aromatic rings. The van der Waals surface area contributed by atoms with Crippen LogP contribution in [0.2, 0.25) is 0 Å². The number of rotatable bonds is 2. The van der Waals surface area contributed by atoms with Gasteiger partial charge >= 0.3 is 0 Å². The van der Waals surface area contributed by atoms with Crippen LogP contribution in [0.1, 0.15) is 27.8 Å². The molecule has 1 amide bonds. The molecule has 1 aromatic carbocycles. The maximum atomic E-state index is 12.8. The molecule has 4 rings (SSSR count). The lowest BCUT2D eigenvalue weighted by Gasteiger charge is -2.37. The number of carbonyl (C=O) groups excluding carboxylic acids is 1. The van der Waals surface area contributed by atoms with Gasteiger partial charge in [-0.3, -0.25) is 4.79 Å². The Morgan fingerprint density at radius 3 is 2.77 bits per heavy atom. The predicted octanol–water partition coefficient (Wildman–Crippen LogP) is 2.59. The van der Waals surface area contributed by atoms with E-state index in [1.54, 1.807) is 6.20 Å². The number of hydrogen-bond acceptors (Lipinski definition) is 4. The summed E-state index contributed by atoms with van der Waals surface area (Å²) in [4.78, 5) is 14.7. The summed E-state index contributed by atoms with van der Waals surface area (Å²) in [5.41, 5.74) is 2.67. The molecule has 1 aliphatic rings. The minimum absolute atomic E-state index is 0.0601. The second kappa shape index (κ2) is 5.38. The van der Waals surface area contributed by atoms with Gasteiger partial charge < -0.3 is 9.47 Å². The number of carbonyl (C=O) groups is 1. The van der Waals surface area contributed by atoms with Crippen LogP contribution in [0.4, 0.5) is 0 Å². The fourth-order valence-electron chi connectivity index (χ4n) is 2.99. The molecule has 6 heteroatoms. The van der Waals surface area contributed by atoms with Crippen molar-refractivity contribution in [3.8, 4) is 0 Å². The second-order valence-corrected chi connectivity index (χ2v) is 5.79. The summed E-state index contributed by atoms with van der Waals surface area (Å²) < 4.78 is 10.3. The normalized spacial score (nSPS) is 17.3. The summed E-state index contributed by atoms with van der Waals surface area (Å²) in [7, 11) is 0. The Morgan fingerprint density at radius 2 is 2.00 bits per heavy atom. The first kappa shape index (κ1) is 13.2. The molecule has 5 nitrogen and oxygen atoms in total. The standard InChI is InChI=1S/C16H14N4OS/c21-16(13-11-17-22-18-13)20-10-9-19-8-4-7-14(19)15(20)12-5-2-1-3-6-12/h1-8,11,15H,9-10H2/t15-/m1/s1. The first-order valence-electron chi connectivity index (χ1n) is 7.13. The fourth-order valence-corrected chi connectivity index (χ4v) is 3.40. The number of benzene rings is 1. The summed E-state index contributed by atoms with van der Waals surface area (Å²) >= 11 is 1.06. The van der Waals surface area contributed by atoms with Crippen LogP contribution in [-0.4, -0.2) is 30.7 Å². The van der Waals surface area contributed by atoms with Crippen molar-refractivity contribution in [3.05, 3.63) is 71.8 Å². The van der Waals surface area contributed by atoms with Gasteiger partial charge in [-0.1, -0.05) is 30.3 Å². The molecule has 0 spiro atoms. The maximum Gasteiger partial charge on any atom is 0.276 e. The highest BCUT2D eigenvalue weighted by atomic mass is 32.1. The third-order valence-corrected chi connectivity index (χ3v) is 4.47. The largest absolute Gasteiger partial charge is 0.348 e. The maximum absolute atomic E-state index is 12.8. The van der Waals surface area contributed by atoms with Crippen LogP contribution in [0.25, 0.3) is 0 Å². The van der Waals surface area contributed by atoms with E-state index in [1.165, 1.54) is 0 Å². The van der Waals surface area contributed by atoms with Gasteiger partial charge in [-0.15, -0.1) is 0 Å². The minimum Gasteiger partial charge on any atom is -0.348 e. The molecular weight excluding hydrogens is 296 g/mol. The molecule has 0 saturated heterocycles. The van der Waals surface area contributed by atoms with Crippen LogP contribution < -0.4 is 0 Å². The van der Waals surface area contributed by atoms with E-state index in [-0.39, 0.29) is 11.9 Å². The van der Waals surface area contributed by atoms with Gasteiger partial charge in [-0.25, -0.2) is 0 Å². The first-order chi connectivity index (χ1) is 10.8. The van der Waals surface area contributed by atoms with E-state index in [0.29, 0.717) is 12.2 Å². The van der Waals surface area contributed by atoms with Crippen LogP contribution >= 0.6 is 11.7 Å². The molecule has 0 bridgehead atoms. The fraction of sp³-hybridized carbons (Fsp3) is 0.188. The first-order valence-corrected chi connectivity index (χ1v) is 7.86. The molecule has 0 N–H and O–H groups in total. The summed E-state index contributed by atoms with van der Waals surface area (Å²) in [6.45, 7) is 1.46. The smallest absolute Gasteiger partial charge is 0.276 e. The highest BCUT2D eigenvalue weighted by molar-refractivity contribution is 6.99. The van der Waals surface area contributed by atoms with Crippen LogP contribution in [0.3, 0.4) is 0 Å². The summed E-state index contributed by atoms with van der Waals surface area (Å²) in [6.07, 6.45) is 3.61. The van der Waals surface area contributed by atoms with Gasteiger partial charge in [0.2, 0.25) is 0 Å². The van der Waals surface area contributed by atoms with Crippen molar-refractivity contribution in [2.24, 2.45) is 0 Å². The Morgan fingerprint density at radius 1 is 1.14 bits per heavy atom. The van der Waals surface area contributed by atoms with Gasteiger partial charge in [-0.05, 0) is 17.7 Å². The molecule has 22 heavy (non-hydrogen) atoms. The lowest BCUT2D eigenvalue weighted by Crippen LogP contribution is -2.42. The number of fused-ring (bicyclic) bond motifs is 1. The van der Waals surface area contributed by atoms with E-state index in [4.69, 9.17) is 0 Å². The lowest BCUT2D eigenvalue weighted by atomic mass is 9.99. The Kier molecular flexibility index (Phi) is 3.23. The SMILES string of the molecule is O=C(c1cnsn1)N1CCn2cccc2[C@H]1c1ccccc1. The lowest BCUT2D eigenvalue weighted by molar-refractivity contribution is 0.0659. The molecule has 3 heterocycles. The number of hydrogen-bond donors (Lipinski definition) is 0.